The van der Waals surface area contributed by atoms with E-state index in [2.05, 4.69) is 20.6 Å². The standard InChI is InChI=1S/C19H14Cl2F2N4O2/c20-11-5-8(16(28)17(22)23)6-12(21)15(11)27-18-9-1-3-24-7-10(9)14-13(26-18)2-4-25-19(14)29/h1-2,4-7,16-17,24,28H,3H2,(H,25,29)(H,26,27)/t16-/m0/s1. The van der Waals surface area contributed by atoms with Gasteiger partial charge >= 0.3 is 0 Å². The van der Waals surface area contributed by atoms with E-state index in [0.29, 0.717) is 33.7 Å². The van der Waals surface area contributed by atoms with Gasteiger partial charge in [0.05, 0.1) is 26.6 Å². The molecule has 6 nitrogen and oxygen atoms in total. The highest BCUT2D eigenvalue weighted by Crippen LogP contribution is 2.36. The lowest BCUT2D eigenvalue weighted by Gasteiger charge is -2.16. The number of aromatic nitrogens is 2. The molecule has 2 aromatic heterocycles. The second kappa shape index (κ2) is 7.62. The van der Waals surface area contributed by atoms with Crippen LogP contribution in [0.25, 0.3) is 23.2 Å². The minimum Gasteiger partial charge on any atom is -0.387 e. The Bertz CT molecular complexity index is 1270. The van der Waals surface area contributed by atoms with Crippen molar-refractivity contribution in [2.24, 2.45) is 0 Å². The summed E-state index contributed by atoms with van der Waals surface area (Å²) >= 11 is 12.5. The van der Waals surface area contributed by atoms with Crippen LogP contribution in [0.1, 0.15) is 11.7 Å². The minimum atomic E-state index is -2.97. The first-order valence-electron chi connectivity index (χ1n) is 8.54. The number of benzene rings is 1. The lowest BCUT2D eigenvalue weighted by atomic mass is 10.1. The molecule has 0 radical (unpaired) electrons. The zero-order valence-corrected chi connectivity index (χ0v) is 16.2. The van der Waals surface area contributed by atoms with Crippen molar-refractivity contribution in [2.75, 3.05) is 11.9 Å². The van der Waals surface area contributed by atoms with E-state index in [4.69, 9.17) is 23.2 Å². The number of aromatic amines is 1. The first-order chi connectivity index (χ1) is 13.9. The summed E-state index contributed by atoms with van der Waals surface area (Å²) in [7, 11) is 0. The van der Waals surface area contributed by atoms with Gasteiger partial charge in [0.2, 0.25) is 0 Å². The first-order valence-corrected chi connectivity index (χ1v) is 9.30. The van der Waals surface area contributed by atoms with Gasteiger partial charge in [-0.3, -0.25) is 4.79 Å². The van der Waals surface area contributed by atoms with Crippen LogP contribution in [0.3, 0.4) is 0 Å². The zero-order chi connectivity index (χ0) is 20.7. The van der Waals surface area contributed by atoms with Gasteiger partial charge in [0.25, 0.3) is 12.0 Å². The van der Waals surface area contributed by atoms with Gasteiger partial charge in [0, 0.05) is 29.4 Å². The van der Waals surface area contributed by atoms with Crippen molar-refractivity contribution in [1.82, 2.24) is 15.3 Å². The van der Waals surface area contributed by atoms with Crippen molar-refractivity contribution < 1.29 is 13.9 Å². The fourth-order valence-electron chi connectivity index (χ4n) is 3.19. The topological polar surface area (TPSA) is 90.0 Å². The highest BCUT2D eigenvalue weighted by Gasteiger charge is 2.22. The van der Waals surface area contributed by atoms with E-state index >= 15 is 0 Å². The van der Waals surface area contributed by atoms with Crippen molar-refractivity contribution in [3.63, 3.8) is 0 Å². The lowest BCUT2D eigenvalue weighted by molar-refractivity contribution is -0.00576. The predicted molar refractivity (Wildman–Crippen MR) is 109 cm³/mol. The van der Waals surface area contributed by atoms with Crippen LogP contribution in [0, 0.1) is 0 Å². The van der Waals surface area contributed by atoms with E-state index in [1.807, 2.05) is 6.08 Å². The third-order valence-corrected chi connectivity index (χ3v) is 5.14. The van der Waals surface area contributed by atoms with Crippen LogP contribution in [0.15, 0.2) is 29.2 Å². The Morgan fingerprint density at radius 3 is 2.62 bits per heavy atom. The molecule has 4 rings (SSSR count). The molecule has 1 aliphatic heterocycles. The molecular weight excluding hydrogens is 425 g/mol. The Hall–Kier alpha value is -2.68. The molecule has 1 aromatic carbocycles. The average molecular weight is 439 g/mol. The normalized spacial score (nSPS) is 14.0. The van der Waals surface area contributed by atoms with Gasteiger partial charge in [0.15, 0.2) is 0 Å². The van der Waals surface area contributed by atoms with Crippen LogP contribution in [0.4, 0.5) is 20.3 Å². The maximum absolute atomic E-state index is 12.8. The van der Waals surface area contributed by atoms with E-state index in [1.54, 1.807) is 12.3 Å². The maximum atomic E-state index is 12.8. The first kappa shape index (κ1) is 19.6. The molecule has 1 atom stereocenters. The summed E-state index contributed by atoms with van der Waals surface area (Å²) in [6, 6.07) is 4.11. The number of hydrogen-bond donors (Lipinski definition) is 4. The van der Waals surface area contributed by atoms with Crippen molar-refractivity contribution in [3.8, 4) is 0 Å². The van der Waals surface area contributed by atoms with E-state index in [0.717, 1.165) is 0 Å². The molecule has 4 N–H and O–H groups in total. The number of nitrogens with zero attached hydrogens (tertiary/aromatic N) is 1. The molecule has 0 spiro atoms. The third-order valence-electron chi connectivity index (χ3n) is 4.54. The molecule has 0 aliphatic carbocycles. The molecule has 10 heteroatoms. The number of H-pyrrole nitrogens is 1. The van der Waals surface area contributed by atoms with Crippen LogP contribution in [-0.2, 0) is 0 Å². The molecule has 1 aliphatic rings. The quantitative estimate of drug-likeness (QED) is 0.502. The number of nitrogens with one attached hydrogen (secondary N) is 3. The number of alkyl halides is 2. The zero-order valence-electron chi connectivity index (χ0n) is 14.6. The van der Waals surface area contributed by atoms with Crippen LogP contribution in [0.2, 0.25) is 10.0 Å². The van der Waals surface area contributed by atoms with Gasteiger partial charge in [-0.2, -0.15) is 0 Å². The Labute approximate surface area is 172 Å². The number of rotatable bonds is 4. The molecule has 0 saturated carbocycles. The van der Waals surface area contributed by atoms with Gasteiger partial charge in [-0.05, 0) is 23.8 Å². The smallest absolute Gasteiger partial charge is 0.268 e. The molecule has 0 unspecified atom stereocenters. The molecule has 29 heavy (non-hydrogen) atoms. The second-order valence-electron chi connectivity index (χ2n) is 6.38. The molecule has 0 amide bonds. The van der Waals surface area contributed by atoms with Gasteiger partial charge in [0.1, 0.15) is 11.9 Å². The van der Waals surface area contributed by atoms with Crippen LogP contribution in [-0.4, -0.2) is 28.0 Å². The van der Waals surface area contributed by atoms with E-state index in [1.165, 1.54) is 18.3 Å². The van der Waals surface area contributed by atoms with Crippen LogP contribution < -0.4 is 26.6 Å². The summed E-state index contributed by atoms with van der Waals surface area (Å²) in [4.78, 5) is 19.4. The van der Waals surface area contributed by atoms with E-state index in [-0.39, 0.29) is 26.9 Å². The molecule has 0 fully saturated rings. The van der Waals surface area contributed by atoms with Gasteiger partial charge < -0.3 is 20.7 Å². The Kier molecular flexibility index (Phi) is 5.16. The monoisotopic (exact) mass is 438 g/mol. The summed E-state index contributed by atoms with van der Waals surface area (Å²) < 4.78 is 25.6. The number of aliphatic hydroxyl groups excluding tert-OH is 1. The summed E-state index contributed by atoms with van der Waals surface area (Å²) in [6.07, 6.45) is 0.115. The van der Waals surface area contributed by atoms with Crippen LogP contribution >= 0.6 is 23.2 Å². The molecule has 3 aromatic rings. The highest BCUT2D eigenvalue weighted by atomic mass is 35.5. The number of anilines is 2. The van der Waals surface area contributed by atoms with Crippen molar-refractivity contribution >= 4 is 57.9 Å². The molecular formula is C19H14Cl2F2N4O2. The number of hydrogen-bond acceptors (Lipinski definition) is 5. The predicted octanol–water partition coefficient (Wildman–Crippen LogP) is 2.39. The molecule has 150 valence electrons. The SMILES string of the molecule is O=c1[nH]ccc2nc(Nc3c(Cl)cc([C@H](O)C(F)F)cc3Cl)c3c(c12)=CNCC=3. The van der Waals surface area contributed by atoms with Crippen molar-refractivity contribution in [1.29, 1.82) is 0 Å². The van der Waals surface area contributed by atoms with Gasteiger partial charge in [-0.1, -0.05) is 29.3 Å². The number of pyridine rings is 2. The Morgan fingerprint density at radius 2 is 1.93 bits per heavy atom. The second-order valence-corrected chi connectivity index (χ2v) is 7.19. The molecule has 3 heterocycles. The van der Waals surface area contributed by atoms with Crippen molar-refractivity contribution in [2.45, 2.75) is 12.5 Å². The number of fused-ring (bicyclic) bond motifs is 3. The Balaban J connectivity index is 1.87. The van der Waals surface area contributed by atoms with E-state index in [9.17, 15) is 18.7 Å². The minimum absolute atomic E-state index is 0.0478. The summed E-state index contributed by atoms with van der Waals surface area (Å²) in [5, 5.41) is 17.5. The van der Waals surface area contributed by atoms with Crippen LogP contribution in [0.5, 0.6) is 0 Å². The number of halogens is 4. The molecule has 0 bridgehead atoms. The maximum Gasteiger partial charge on any atom is 0.268 e. The van der Waals surface area contributed by atoms with E-state index < -0.39 is 12.5 Å². The summed E-state index contributed by atoms with van der Waals surface area (Å²) in [5.74, 6) is 0.404. The fourth-order valence-corrected chi connectivity index (χ4v) is 3.78. The highest BCUT2D eigenvalue weighted by molar-refractivity contribution is 6.39. The largest absolute Gasteiger partial charge is 0.387 e. The van der Waals surface area contributed by atoms with Gasteiger partial charge in [-0.15, -0.1) is 0 Å². The van der Waals surface area contributed by atoms with Gasteiger partial charge in [-0.25, -0.2) is 13.8 Å². The van der Waals surface area contributed by atoms with Crippen molar-refractivity contribution in [3.05, 3.63) is 60.8 Å². The lowest BCUT2D eigenvalue weighted by Crippen LogP contribution is -2.38. The molecule has 0 saturated heterocycles. The average Bonchev–Trinajstić information content (AvgIpc) is 2.69. The third kappa shape index (κ3) is 3.55. The Morgan fingerprint density at radius 1 is 1.21 bits per heavy atom. The fraction of sp³-hybridized carbons (Fsp3) is 0.158. The summed E-state index contributed by atoms with van der Waals surface area (Å²) in [6.45, 7) is 0.528. The summed E-state index contributed by atoms with van der Waals surface area (Å²) in [5.41, 5.74) is 0.349. The number of aliphatic hydroxyl groups is 1.